The summed E-state index contributed by atoms with van der Waals surface area (Å²) in [5.74, 6) is 0. The lowest BCUT2D eigenvalue weighted by Crippen LogP contribution is -2.41. The predicted octanol–water partition coefficient (Wildman–Crippen LogP) is 3.38. The Morgan fingerprint density at radius 2 is 1.40 bits per heavy atom. The lowest BCUT2D eigenvalue weighted by atomic mass is 9.88. The summed E-state index contributed by atoms with van der Waals surface area (Å²) in [5, 5.41) is 18.4. The molecule has 2 N–H and O–H groups in total. The zero-order chi connectivity index (χ0) is 19.4. The zero-order valence-electron chi connectivity index (χ0n) is 16.5. The molecule has 8 heteroatoms. The molecule has 0 aromatic carbocycles. The van der Waals surface area contributed by atoms with E-state index in [1.807, 2.05) is 53.7 Å². The lowest BCUT2D eigenvalue weighted by molar-refractivity contribution is 0.00578. The molecular weight excluding hydrogens is 354 g/mol. The van der Waals surface area contributed by atoms with Crippen molar-refractivity contribution in [3.63, 3.8) is 0 Å². The van der Waals surface area contributed by atoms with Gasteiger partial charge >= 0.3 is 14.2 Å². The van der Waals surface area contributed by atoms with E-state index in [9.17, 15) is 10.0 Å². The molecule has 3 rings (SSSR count). The summed E-state index contributed by atoms with van der Waals surface area (Å²) in [4.78, 5) is 0. The van der Waals surface area contributed by atoms with E-state index >= 15 is 0 Å². The van der Waals surface area contributed by atoms with E-state index in [1.165, 1.54) is 17.8 Å². The third-order valence-corrected chi connectivity index (χ3v) is 6.34. The van der Waals surface area contributed by atoms with E-state index in [0.717, 1.165) is 14.2 Å². The van der Waals surface area contributed by atoms with Gasteiger partial charge in [0.15, 0.2) is 0 Å². The van der Waals surface area contributed by atoms with Crippen LogP contribution in [0.1, 0.15) is 61.8 Å². The van der Waals surface area contributed by atoms with Crippen molar-refractivity contribution in [1.82, 2.24) is 0 Å². The van der Waals surface area contributed by atoms with Crippen LogP contribution >= 0.6 is 22.7 Å². The van der Waals surface area contributed by atoms with Gasteiger partial charge in [0.1, 0.15) is 0 Å². The van der Waals surface area contributed by atoms with Gasteiger partial charge in [0.2, 0.25) is 0 Å². The molecule has 0 amide bonds. The molecule has 0 spiro atoms. The third kappa shape index (κ3) is 5.08. The maximum atomic E-state index is 9.18. The number of hydrogen-bond donors (Lipinski definition) is 2. The second kappa shape index (κ2) is 9.02. The molecule has 1 saturated heterocycles. The normalized spacial score (nSPS) is 17.6. The van der Waals surface area contributed by atoms with Gasteiger partial charge in [-0.2, -0.15) is 0 Å². The first-order valence-electron chi connectivity index (χ1n) is 8.86. The number of rotatable bonds is 2. The molecule has 0 atom stereocenters. The molecule has 4 nitrogen and oxygen atoms in total. The van der Waals surface area contributed by atoms with Crippen molar-refractivity contribution < 1.29 is 19.4 Å². The smallest absolute Gasteiger partial charge is 0.423 e. The van der Waals surface area contributed by atoms with Gasteiger partial charge in [-0.15, -0.1) is 22.7 Å². The maximum absolute atomic E-state index is 9.18. The molecule has 0 aliphatic carbocycles. The van der Waals surface area contributed by atoms with Crippen molar-refractivity contribution in [3.8, 4) is 0 Å². The Labute approximate surface area is 160 Å². The molecule has 3 heterocycles. The summed E-state index contributed by atoms with van der Waals surface area (Å²) in [7, 11) is -1.76. The van der Waals surface area contributed by atoms with E-state index in [0.29, 0.717) is 4.78 Å². The van der Waals surface area contributed by atoms with Crippen molar-refractivity contribution in [2.45, 2.75) is 73.0 Å². The molecule has 2 aromatic rings. The first-order chi connectivity index (χ1) is 11.6. The first-order valence-corrected chi connectivity index (χ1v) is 10.5. The van der Waals surface area contributed by atoms with Gasteiger partial charge in [-0.25, -0.2) is 0 Å². The van der Waals surface area contributed by atoms with E-state index < -0.39 is 7.12 Å². The second-order valence-electron chi connectivity index (χ2n) is 6.70. The van der Waals surface area contributed by atoms with E-state index in [1.54, 1.807) is 11.3 Å². The predicted molar refractivity (Wildman–Crippen MR) is 113 cm³/mol. The largest absolute Gasteiger partial charge is 0.505 e. The zero-order valence-corrected chi connectivity index (χ0v) is 18.2. The fourth-order valence-electron chi connectivity index (χ4n) is 2.08. The van der Waals surface area contributed by atoms with Crippen LogP contribution in [0.5, 0.6) is 0 Å². The molecule has 140 valence electrons. The maximum Gasteiger partial charge on any atom is 0.505 e. The van der Waals surface area contributed by atoms with E-state index in [2.05, 4.69) is 13.8 Å². The topological polar surface area (TPSA) is 58.9 Å². The van der Waals surface area contributed by atoms with Crippen molar-refractivity contribution in [2.24, 2.45) is 0 Å². The minimum atomic E-state index is -1.40. The van der Waals surface area contributed by atoms with Crippen LogP contribution in [0.3, 0.4) is 0 Å². The van der Waals surface area contributed by atoms with Crippen LogP contribution < -0.4 is 9.55 Å². The summed E-state index contributed by atoms with van der Waals surface area (Å²) < 4.78 is 15.7. The highest BCUT2D eigenvalue weighted by Gasteiger charge is 2.52. The monoisotopic (exact) mass is 384 g/mol. The number of thiophene rings is 2. The van der Waals surface area contributed by atoms with Crippen LogP contribution in [0.2, 0.25) is 0 Å². The number of hydrogen-bond acceptors (Lipinski definition) is 6. The van der Waals surface area contributed by atoms with Crippen molar-refractivity contribution in [2.75, 3.05) is 0 Å². The van der Waals surface area contributed by atoms with Gasteiger partial charge in [-0.05, 0) is 39.8 Å². The molecule has 2 aromatic heterocycles. The van der Waals surface area contributed by atoms with Crippen molar-refractivity contribution >= 4 is 55.9 Å². The van der Waals surface area contributed by atoms with Gasteiger partial charge < -0.3 is 19.4 Å². The van der Waals surface area contributed by atoms with Crippen molar-refractivity contribution in [3.05, 3.63) is 12.1 Å². The van der Waals surface area contributed by atoms with Gasteiger partial charge in [-0.1, -0.05) is 34.1 Å². The Morgan fingerprint density at radius 1 is 0.960 bits per heavy atom. The number of fused-ring (bicyclic) bond motifs is 1. The summed E-state index contributed by atoms with van der Waals surface area (Å²) in [6.45, 7) is 16.4. The summed E-state index contributed by atoms with van der Waals surface area (Å²) in [6.07, 6.45) is 1.25. The Kier molecular flexibility index (Phi) is 8.18. The molecule has 0 bridgehead atoms. The Balaban J connectivity index is 0.000000567. The summed E-state index contributed by atoms with van der Waals surface area (Å²) in [6, 6.07) is 3.82. The van der Waals surface area contributed by atoms with E-state index in [4.69, 9.17) is 9.31 Å². The van der Waals surface area contributed by atoms with Crippen LogP contribution in [0.15, 0.2) is 12.1 Å². The molecule has 0 radical (unpaired) electrons. The quantitative estimate of drug-likeness (QED) is 0.780. The minimum absolute atomic E-state index is 0.346. The average molecular weight is 384 g/mol. The van der Waals surface area contributed by atoms with E-state index in [-0.39, 0.29) is 18.3 Å². The average Bonchev–Trinajstić information content (AvgIpc) is 3.12. The summed E-state index contributed by atoms with van der Waals surface area (Å²) in [5.41, 5.74) is -0.691. The highest BCUT2D eigenvalue weighted by Crippen LogP contribution is 2.37. The van der Waals surface area contributed by atoms with Crippen molar-refractivity contribution in [1.29, 1.82) is 0 Å². The third-order valence-electron chi connectivity index (χ3n) is 3.99. The van der Waals surface area contributed by atoms with Gasteiger partial charge in [0.25, 0.3) is 0 Å². The van der Waals surface area contributed by atoms with Gasteiger partial charge in [0.05, 0.1) is 11.2 Å². The summed E-state index contributed by atoms with van der Waals surface area (Å²) >= 11 is 2.96. The first kappa shape index (κ1) is 22.7. The van der Waals surface area contributed by atoms with Gasteiger partial charge in [-0.3, -0.25) is 0 Å². The Hall–Kier alpha value is -0.370. The molecule has 25 heavy (non-hydrogen) atoms. The van der Waals surface area contributed by atoms with Crippen LogP contribution in [-0.2, 0) is 9.31 Å². The molecule has 0 unspecified atom stereocenters. The molecule has 0 saturated carbocycles. The fraction of sp³-hybridized carbons (Fsp3) is 0.647. The molecule has 1 aliphatic heterocycles. The Bertz CT molecular complexity index is 617. The lowest BCUT2D eigenvalue weighted by Gasteiger charge is -2.32. The van der Waals surface area contributed by atoms with Gasteiger partial charge in [0, 0.05) is 19.0 Å². The highest BCUT2D eigenvalue weighted by molar-refractivity contribution is 7.36. The standard InChI is InChI=1S/C12H16B2O4S2.C3H8.C2H6/c1-11(2)12(3,4)18-14(17-11)10-6-8-7(20-10)5-9(19-8)13(15)16;1-3-2;1-2/h5-6,15-16H,1-4H3;3H2,1-2H3;1-2H3. The van der Waals surface area contributed by atoms with Crippen LogP contribution in [0.4, 0.5) is 0 Å². The van der Waals surface area contributed by atoms with Crippen LogP contribution in [0, 0.1) is 0 Å². The Morgan fingerprint density at radius 3 is 1.80 bits per heavy atom. The highest BCUT2D eigenvalue weighted by atomic mass is 32.1. The van der Waals surface area contributed by atoms with Crippen LogP contribution in [-0.4, -0.2) is 35.5 Å². The second-order valence-corrected chi connectivity index (χ2v) is 8.93. The van der Waals surface area contributed by atoms with Crippen LogP contribution in [0.25, 0.3) is 9.40 Å². The molecule has 1 fully saturated rings. The SMILES string of the molecule is CC.CC1(C)OB(c2cc3sc(B(O)O)cc3s2)OC1(C)C.CCC. The molecular formula is C17H30B2O4S2. The fourth-order valence-corrected chi connectivity index (χ4v) is 4.32. The minimum Gasteiger partial charge on any atom is -0.423 e. The molecule has 1 aliphatic rings.